The summed E-state index contributed by atoms with van der Waals surface area (Å²) in [5, 5.41) is 12.7. The van der Waals surface area contributed by atoms with Gasteiger partial charge in [-0.2, -0.15) is 0 Å². The molecule has 0 saturated heterocycles. The molecule has 0 aliphatic carbocycles. The smallest absolute Gasteiger partial charge is 0.328 e. The minimum Gasteiger partial charge on any atom is -0.480 e. The molecule has 0 spiro atoms. The number of hydrogen-bond donors (Lipinski definition) is 3. The lowest BCUT2D eigenvalue weighted by molar-refractivity contribution is -0.147. The van der Waals surface area contributed by atoms with E-state index in [-0.39, 0.29) is 12.3 Å². The maximum absolute atomic E-state index is 12.7. The van der Waals surface area contributed by atoms with Crippen LogP contribution in [0.25, 0.3) is 10.9 Å². The van der Waals surface area contributed by atoms with Crippen molar-refractivity contribution >= 4 is 28.7 Å². The van der Waals surface area contributed by atoms with Gasteiger partial charge >= 0.3 is 5.97 Å². The van der Waals surface area contributed by atoms with E-state index in [2.05, 4.69) is 10.3 Å². The van der Waals surface area contributed by atoms with Gasteiger partial charge in [-0.15, -0.1) is 0 Å². The fourth-order valence-corrected chi connectivity index (χ4v) is 2.58. The highest BCUT2D eigenvalue weighted by molar-refractivity contribution is 5.92. The SMILES string of the molecule is CC(=O)N(C)[C@H](Cc1c[nH]c2ccccc12)C(=O)NC(C)(C)C(=O)O. The molecule has 0 radical (unpaired) electrons. The second-order valence-electron chi connectivity index (χ2n) is 6.63. The number of carboxylic acids is 1. The molecule has 0 fully saturated rings. The van der Waals surface area contributed by atoms with E-state index in [0.717, 1.165) is 16.5 Å². The summed E-state index contributed by atoms with van der Waals surface area (Å²) in [7, 11) is 1.54. The maximum Gasteiger partial charge on any atom is 0.328 e. The summed E-state index contributed by atoms with van der Waals surface area (Å²) in [5.41, 5.74) is 0.401. The maximum atomic E-state index is 12.7. The number of carboxylic acid groups (broad SMARTS) is 1. The first-order chi connectivity index (χ1) is 11.6. The molecule has 1 aromatic carbocycles. The van der Waals surface area contributed by atoms with E-state index < -0.39 is 23.5 Å². The number of H-pyrrole nitrogens is 1. The molecule has 0 saturated carbocycles. The van der Waals surface area contributed by atoms with Crippen LogP contribution >= 0.6 is 0 Å². The van der Waals surface area contributed by atoms with Crippen molar-refractivity contribution in [3.8, 4) is 0 Å². The van der Waals surface area contributed by atoms with Gasteiger partial charge in [0.1, 0.15) is 11.6 Å². The van der Waals surface area contributed by atoms with Gasteiger partial charge in [0.05, 0.1) is 0 Å². The summed E-state index contributed by atoms with van der Waals surface area (Å²) in [6.45, 7) is 4.19. The minimum atomic E-state index is -1.42. The average Bonchev–Trinajstić information content (AvgIpc) is 2.94. The number of carbonyl (C=O) groups is 3. The van der Waals surface area contributed by atoms with E-state index in [0.29, 0.717) is 0 Å². The third-order valence-corrected chi connectivity index (χ3v) is 4.33. The number of aromatic nitrogens is 1. The quantitative estimate of drug-likeness (QED) is 0.739. The van der Waals surface area contributed by atoms with E-state index >= 15 is 0 Å². The molecule has 25 heavy (non-hydrogen) atoms. The summed E-state index contributed by atoms with van der Waals surface area (Å²) < 4.78 is 0. The zero-order valence-electron chi connectivity index (χ0n) is 14.8. The Bertz CT molecular complexity index is 810. The Morgan fingerprint density at radius 2 is 1.92 bits per heavy atom. The molecule has 0 bridgehead atoms. The highest BCUT2D eigenvalue weighted by atomic mass is 16.4. The lowest BCUT2D eigenvalue weighted by Crippen LogP contribution is -2.57. The first-order valence-electron chi connectivity index (χ1n) is 7.97. The molecule has 2 rings (SSSR count). The summed E-state index contributed by atoms with van der Waals surface area (Å²) in [6, 6.07) is 6.86. The molecule has 7 nitrogen and oxygen atoms in total. The third kappa shape index (κ3) is 3.99. The van der Waals surface area contributed by atoms with E-state index in [9.17, 15) is 19.5 Å². The van der Waals surface area contributed by atoms with Gasteiger partial charge in [-0.05, 0) is 25.5 Å². The highest BCUT2D eigenvalue weighted by Crippen LogP contribution is 2.21. The first kappa shape index (κ1) is 18.5. The van der Waals surface area contributed by atoms with Crippen LogP contribution in [0, 0.1) is 0 Å². The van der Waals surface area contributed by atoms with Gasteiger partial charge in [-0.25, -0.2) is 4.79 Å². The molecule has 134 valence electrons. The lowest BCUT2D eigenvalue weighted by Gasteiger charge is -2.30. The molecular weight excluding hydrogens is 322 g/mol. The predicted molar refractivity (Wildman–Crippen MR) is 94.1 cm³/mol. The topological polar surface area (TPSA) is 103 Å². The number of likely N-dealkylation sites (N-methyl/N-ethyl adjacent to an activating group) is 1. The van der Waals surface area contributed by atoms with Crippen LogP contribution in [-0.2, 0) is 20.8 Å². The van der Waals surface area contributed by atoms with Crippen LogP contribution < -0.4 is 5.32 Å². The number of aromatic amines is 1. The number of aliphatic carboxylic acids is 1. The Hall–Kier alpha value is -2.83. The summed E-state index contributed by atoms with van der Waals surface area (Å²) >= 11 is 0. The number of nitrogens with one attached hydrogen (secondary N) is 2. The average molecular weight is 345 g/mol. The Kier molecular flexibility index (Phi) is 5.15. The van der Waals surface area contributed by atoms with Gasteiger partial charge in [0.25, 0.3) is 0 Å². The Balaban J connectivity index is 2.32. The number of hydrogen-bond acceptors (Lipinski definition) is 3. The number of rotatable bonds is 6. The van der Waals surface area contributed by atoms with Crippen molar-refractivity contribution in [2.24, 2.45) is 0 Å². The van der Waals surface area contributed by atoms with Gasteiger partial charge in [-0.1, -0.05) is 18.2 Å². The van der Waals surface area contributed by atoms with E-state index in [4.69, 9.17) is 0 Å². The Morgan fingerprint density at radius 3 is 2.52 bits per heavy atom. The summed E-state index contributed by atoms with van der Waals surface area (Å²) in [5.74, 6) is -1.92. The van der Waals surface area contributed by atoms with Crippen molar-refractivity contribution in [3.63, 3.8) is 0 Å². The van der Waals surface area contributed by atoms with Gasteiger partial charge in [0, 0.05) is 37.5 Å². The zero-order valence-corrected chi connectivity index (χ0v) is 14.8. The number of amides is 2. The molecule has 0 unspecified atom stereocenters. The molecule has 7 heteroatoms. The number of benzene rings is 1. The summed E-state index contributed by atoms with van der Waals surface area (Å²) in [6.07, 6.45) is 2.09. The zero-order chi connectivity index (χ0) is 18.8. The monoisotopic (exact) mass is 345 g/mol. The fraction of sp³-hybridized carbons (Fsp3) is 0.389. The van der Waals surface area contributed by atoms with Gasteiger partial charge < -0.3 is 20.3 Å². The van der Waals surface area contributed by atoms with Crippen molar-refractivity contribution in [2.75, 3.05) is 7.05 Å². The number of carbonyl (C=O) groups excluding carboxylic acids is 2. The normalized spacial score (nSPS) is 12.6. The summed E-state index contributed by atoms with van der Waals surface area (Å²) in [4.78, 5) is 40.2. The highest BCUT2D eigenvalue weighted by Gasteiger charge is 2.34. The van der Waals surface area contributed by atoms with Crippen molar-refractivity contribution in [1.82, 2.24) is 15.2 Å². The molecular formula is C18H23N3O4. The van der Waals surface area contributed by atoms with Crippen molar-refractivity contribution in [2.45, 2.75) is 38.8 Å². The lowest BCUT2D eigenvalue weighted by atomic mass is 10.0. The number of fused-ring (bicyclic) bond motifs is 1. The minimum absolute atomic E-state index is 0.270. The van der Waals surface area contributed by atoms with Crippen LogP contribution in [0.5, 0.6) is 0 Å². The van der Waals surface area contributed by atoms with E-state index in [1.54, 1.807) is 6.20 Å². The standard InChI is InChI=1S/C18H23N3O4/c1-11(22)21(4)15(16(23)20-18(2,3)17(24)25)9-12-10-19-14-8-6-5-7-13(12)14/h5-8,10,15,19H,9H2,1-4H3,(H,20,23)(H,24,25)/t15-/m1/s1. The Morgan fingerprint density at radius 1 is 1.28 bits per heavy atom. The molecule has 0 aliphatic rings. The molecule has 2 aromatic rings. The molecule has 1 aromatic heterocycles. The van der Waals surface area contributed by atoms with Crippen LogP contribution in [0.2, 0.25) is 0 Å². The van der Waals surface area contributed by atoms with E-state index in [1.165, 1.54) is 32.7 Å². The predicted octanol–water partition coefficient (Wildman–Crippen LogP) is 1.54. The second-order valence-corrected chi connectivity index (χ2v) is 6.63. The van der Waals surface area contributed by atoms with Crippen LogP contribution in [0.4, 0.5) is 0 Å². The van der Waals surface area contributed by atoms with Gasteiger partial charge in [0.15, 0.2) is 0 Å². The number of nitrogens with zero attached hydrogens (tertiary/aromatic N) is 1. The van der Waals surface area contributed by atoms with Crippen LogP contribution in [0.15, 0.2) is 30.5 Å². The second kappa shape index (κ2) is 6.96. The largest absolute Gasteiger partial charge is 0.480 e. The molecule has 0 aliphatic heterocycles. The van der Waals surface area contributed by atoms with Crippen molar-refractivity contribution in [1.29, 1.82) is 0 Å². The first-order valence-corrected chi connectivity index (χ1v) is 7.97. The molecule has 2 amide bonds. The van der Waals surface area contributed by atoms with Gasteiger partial charge in [-0.3, -0.25) is 9.59 Å². The molecule has 3 N–H and O–H groups in total. The third-order valence-electron chi connectivity index (χ3n) is 4.33. The van der Waals surface area contributed by atoms with Crippen molar-refractivity contribution < 1.29 is 19.5 Å². The fourth-order valence-electron chi connectivity index (χ4n) is 2.58. The molecule has 1 atom stereocenters. The van der Waals surface area contributed by atoms with E-state index in [1.807, 2.05) is 24.3 Å². The van der Waals surface area contributed by atoms with Gasteiger partial charge in [0.2, 0.25) is 11.8 Å². The van der Waals surface area contributed by atoms with Crippen LogP contribution in [0.1, 0.15) is 26.3 Å². The molecule has 1 heterocycles. The van der Waals surface area contributed by atoms with Crippen LogP contribution in [-0.4, -0.2) is 51.4 Å². The Labute approximate surface area is 146 Å². The van der Waals surface area contributed by atoms with Crippen LogP contribution in [0.3, 0.4) is 0 Å². The van der Waals surface area contributed by atoms with Crippen molar-refractivity contribution in [3.05, 3.63) is 36.0 Å². The number of para-hydroxylation sites is 1.